The zero-order chi connectivity index (χ0) is 21.6. The molecule has 2 aromatic carbocycles. The minimum atomic E-state index is -3.81. The summed E-state index contributed by atoms with van der Waals surface area (Å²) in [6.45, 7) is 0. The summed E-state index contributed by atoms with van der Waals surface area (Å²) in [5.74, 6) is -0.317. The molecular formula is C22H18N2O5S2. The van der Waals surface area contributed by atoms with Gasteiger partial charge in [-0.1, -0.05) is 24.3 Å². The van der Waals surface area contributed by atoms with Crippen LogP contribution in [0.5, 0.6) is 5.75 Å². The zero-order valence-corrected chi connectivity index (χ0v) is 17.8. The molecule has 1 unspecified atom stereocenters. The Hall–Kier alpha value is -3.17. The van der Waals surface area contributed by atoms with E-state index in [-0.39, 0.29) is 22.3 Å². The normalized spacial score (nSPS) is 15.1. The van der Waals surface area contributed by atoms with Crippen molar-refractivity contribution in [3.63, 3.8) is 0 Å². The van der Waals surface area contributed by atoms with Crippen molar-refractivity contribution in [2.24, 2.45) is 5.92 Å². The van der Waals surface area contributed by atoms with Gasteiger partial charge in [0.15, 0.2) is 5.03 Å². The fourth-order valence-electron chi connectivity index (χ4n) is 3.86. The quantitative estimate of drug-likeness (QED) is 0.421. The van der Waals surface area contributed by atoms with Crippen molar-refractivity contribution in [3.05, 3.63) is 81.0 Å². The van der Waals surface area contributed by atoms with Crippen molar-refractivity contribution in [1.82, 2.24) is 4.98 Å². The lowest BCUT2D eigenvalue weighted by molar-refractivity contribution is 0.446. The number of anilines is 1. The van der Waals surface area contributed by atoms with Gasteiger partial charge in [0.1, 0.15) is 11.3 Å². The van der Waals surface area contributed by atoms with Gasteiger partial charge in [0, 0.05) is 17.0 Å². The molecule has 1 fully saturated rings. The van der Waals surface area contributed by atoms with Crippen molar-refractivity contribution in [2.75, 3.05) is 4.72 Å². The first-order chi connectivity index (χ1) is 14.9. The SMILES string of the molecule is O=c1oc2ccccc2c(O)c1C(c1cccc(NS(=O)(=O)c2cscn2)c1)C1CC1. The van der Waals surface area contributed by atoms with Crippen LogP contribution in [0.3, 0.4) is 0 Å². The second kappa shape index (κ2) is 7.51. The van der Waals surface area contributed by atoms with Crippen LogP contribution in [0, 0.1) is 5.92 Å². The Morgan fingerprint density at radius 2 is 1.97 bits per heavy atom. The number of fused-ring (bicyclic) bond motifs is 1. The molecule has 9 heteroatoms. The number of rotatable bonds is 6. The number of para-hydroxylation sites is 1. The van der Waals surface area contributed by atoms with Crippen molar-refractivity contribution in [2.45, 2.75) is 23.8 Å². The number of aromatic hydroxyl groups is 1. The fraction of sp³-hybridized carbons (Fsp3) is 0.182. The van der Waals surface area contributed by atoms with E-state index in [0.717, 1.165) is 18.4 Å². The minimum absolute atomic E-state index is 0.0468. The van der Waals surface area contributed by atoms with Gasteiger partial charge in [-0.25, -0.2) is 9.78 Å². The number of hydrogen-bond donors (Lipinski definition) is 2. The summed E-state index contributed by atoms with van der Waals surface area (Å²) in [6.07, 6.45) is 1.82. The summed E-state index contributed by atoms with van der Waals surface area (Å²) in [5, 5.41) is 12.8. The Morgan fingerprint density at radius 1 is 1.16 bits per heavy atom. The monoisotopic (exact) mass is 454 g/mol. The average Bonchev–Trinajstić information content (AvgIpc) is 3.41. The zero-order valence-electron chi connectivity index (χ0n) is 16.2. The van der Waals surface area contributed by atoms with Gasteiger partial charge in [-0.3, -0.25) is 4.72 Å². The van der Waals surface area contributed by atoms with Crippen LogP contribution in [0.2, 0.25) is 0 Å². The maximum absolute atomic E-state index is 12.8. The second-order valence-corrected chi connectivity index (χ2v) is 9.87. The number of benzene rings is 2. The van der Waals surface area contributed by atoms with Gasteiger partial charge in [0.05, 0.1) is 16.5 Å². The summed E-state index contributed by atoms with van der Waals surface area (Å²) >= 11 is 1.20. The Bertz CT molecular complexity index is 1420. The molecule has 5 rings (SSSR count). The van der Waals surface area contributed by atoms with E-state index in [2.05, 4.69) is 9.71 Å². The van der Waals surface area contributed by atoms with Crippen LogP contribution in [0.25, 0.3) is 11.0 Å². The Labute approximate surface area is 182 Å². The smallest absolute Gasteiger partial charge is 0.343 e. The van der Waals surface area contributed by atoms with E-state index in [4.69, 9.17) is 4.42 Å². The van der Waals surface area contributed by atoms with Crippen molar-refractivity contribution >= 4 is 38.0 Å². The number of hydrogen-bond acceptors (Lipinski definition) is 7. The Balaban J connectivity index is 1.58. The van der Waals surface area contributed by atoms with E-state index < -0.39 is 21.6 Å². The topological polar surface area (TPSA) is 109 Å². The summed E-state index contributed by atoms with van der Waals surface area (Å²) in [7, 11) is -3.81. The van der Waals surface area contributed by atoms with Crippen LogP contribution in [0.1, 0.15) is 29.9 Å². The van der Waals surface area contributed by atoms with E-state index in [9.17, 15) is 18.3 Å². The van der Waals surface area contributed by atoms with Crippen LogP contribution >= 0.6 is 11.3 Å². The highest BCUT2D eigenvalue weighted by atomic mass is 32.2. The molecule has 2 N–H and O–H groups in total. The molecule has 0 saturated heterocycles. The molecule has 0 radical (unpaired) electrons. The van der Waals surface area contributed by atoms with Crippen LogP contribution in [0.4, 0.5) is 5.69 Å². The number of nitrogens with one attached hydrogen (secondary N) is 1. The second-order valence-electron chi connectivity index (χ2n) is 7.52. The standard InChI is InChI=1S/C22H18N2O5S2/c25-21-16-6-1-2-7-17(16)29-22(26)20(21)19(13-8-9-13)14-4-3-5-15(10-14)24-31(27,28)18-11-30-12-23-18/h1-7,10-13,19,24-25H,8-9H2. The lowest BCUT2D eigenvalue weighted by Crippen LogP contribution is -2.17. The third-order valence-corrected chi connectivity index (χ3v) is 7.42. The number of thiazole rings is 1. The van der Waals surface area contributed by atoms with Gasteiger partial charge in [0.2, 0.25) is 0 Å². The number of sulfonamides is 1. The van der Waals surface area contributed by atoms with Gasteiger partial charge in [-0.2, -0.15) is 8.42 Å². The molecule has 0 bridgehead atoms. The van der Waals surface area contributed by atoms with Gasteiger partial charge in [0.25, 0.3) is 10.0 Å². The Morgan fingerprint density at radius 3 is 2.71 bits per heavy atom. The van der Waals surface area contributed by atoms with Crippen LogP contribution in [-0.2, 0) is 10.0 Å². The van der Waals surface area contributed by atoms with Crippen LogP contribution < -0.4 is 10.3 Å². The van der Waals surface area contributed by atoms with Crippen molar-refractivity contribution < 1.29 is 17.9 Å². The average molecular weight is 455 g/mol. The largest absolute Gasteiger partial charge is 0.507 e. The molecule has 1 atom stereocenters. The molecular weight excluding hydrogens is 436 g/mol. The maximum atomic E-state index is 12.8. The summed E-state index contributed by atoms with van der Waals surface area (Å²) in [6, 6.07) is 13.7. The molecule has 0 spiro atoms. The highest BCUT2D eigenvalue weighted by Crippen LogP contribution is 2.48. The van der Waals surface area contributed by atoms with Gasteiger partial charge < -0.3 is 9.52 Å². The van der Waals surface area contributed by atoms with Gasteiger partial charge in [-0.15, -0.1) is 11.3 Å². The Kier molecular flexibility index (Phi) is 4.79. The maximum Gasteiger partial charge on any atom is 0.343 e. The van der Waals surface area contributed by atoms with E-state index in [1.165, 1.54) is 22.2 Å². The molecule has 1 saturated carbocycles. The molecule has 2 heterocycles. The minimum Gasteiger partial charge on any atom is -0.507 e. The lowest BCUT2D eigenvalue weighted by Gasteiger charge is -2.19. The molecule has 2 aromatic heterocycles. The molecule has 1 aliphatic rings. The first-order valence-corrected chi connectivity index (χ1v) is 12.1. The number of nitrogens with zero attached hydrogens (tertiary/aromatic N) is 1. The summed E-state index contributed by atoms with van der Waals surface area (Å²) in [5.41, 5.74) is 2.51. The fourth-order valence-corrected chi connectivity index (χ4v) is 5.75. The van der Waals surface area contributed by atoms with E-state index in [0.29, 0.717) is 16.7 Å². The summed E-state index contributed by atoms with van der Waals surface area (Å²) < 4.78 is 33.1. The molecule has 1 aliphatic carbocycles. The lowest BCUT2D eigenvalue weighted by atomic mass is 9.86. The molecule has 158 valence electrons. The molecule has 7 nitrogen and oxygen atoms in total. The van der Waals surface area contributed by atoms with Gasteiger partial charge in [-0.05, 0) is 48.6 Å². The van der Waals surface area contributed by atoms with Crippen LogP contribution in [-0.4, -0.2) is 18.5 Å². The van der Waals surface area contributed by atoms with Gasteiger partial charge >= 0.3 is 5.63 Å². The molecule has 0 amide bonds. The predicted molar refractivity (Wildman–Crippen MR) is 118 cm³/mol. The van der Waals surface area contributed by atoms with Crippen molar-refractivity contribution in [3.8, 4) is 5.75 Å². The molecule has 4 aromatic rings. The predicted octanol–water partition coefficient (Wildman–Crippen LogP) is 4.30. The first-order valence-electron chi connectivity index (χ1n) is 9.70. The third-order valence-electron chi connectivity index (χ3n) is 5.41. The molecule has 31 heavy (non-hydrogen) atoms. The number of aromatic nitrogens is 1. The van der Waals surface area contributed by atoms with E-state index in [1.54, 1.807) is 42.5 Å². The highest BCUT2D eigenvalue weighted by Gasteiger charge is 2.38. The molecule has 0 aliphatic heterocycles. The van der Waals surface area contributed by atoms with E-state index in [1.807, 2.05) is 6.07 Å². The van der Waals surface area contributed by atoms with Crippen LogP contribution in [0.15, 0.2) is 73.7 Å². The third kappa shape index (κ3) is 3.70. The highest BCUT2D eigenvalue weighted by molar-refractivity contribution is 7.92. The van der Waals surface area contributed by atoms with Crippen molar-refractivity contribution in [1.29, 1.82) is 0 Å². The summed E-state index contributed by atoms with van der Waals surface area (Å²) in [4.78, 5) is 16.7. The first kappa shape index (κ1) is 19.8. The van der Waals surface area contributed by atoms with E-state index >= 15 is 0 Å².